The van der Waals surface area contributed by atoms with E-state index < -0.39 is 0 Å². The summed E-state index contributed by atoms with van der Waals surface area (Å²) in [6, 6.07) is 6.74. The van der Waals surface area contributed by atoms with Crippen LogP contribution in [-0.4, -0.2) is 11.8 Å². The molecule has 92 valence electrons. The lowest BCUT2D eigenvalue weighted by Crippen LogP contribution is -2.19. The van der Waals surface area contributed by atoms with Crippen molar-refractivity contribution in [1.82, 2.24) is 5.32 Å². The molecule has 0 radical (unpaired) electrons. The summed E-state index contributed by atoms with van der Waals surface area (Å²) in [6.07, 6.45) is 8.18. The molecular formula is C15H15NO2. The molecule has 3 nitrogen and oxygen atoms in total. The smallest absolute Gasteiger partial charge is 0.258 e. The second kappa shape index (κ2) is 4.41. The van der Waals surface area contributed by atoms with Crippen LogP contribution in [0.3, 0.4) is 0 Å². The molecule has 0 aromatic heterocycles. The van der Waals surface area contributed by atoms with Gasteiger partial charge >= 0.3 is 0 Å². The molecule has 2 bridgehead atoms. The number of hydrogen-bond donors (Lipinski definition) is 1. The van der Waals surface area contributed by atoms with E-state index in [1.807, 2.05) is 0 Å². The Morgan fingerprint density at radius 2 is 1.72 bits per heavy atom. The number of carbonyl (C=O) groups excluding carboxylic acids is 2. The van der Waals surface area contributed by atoms with Gasteiger partial charge < -0.3 is 0 Å². The van der Waals surface area contributed by atoms with Crippen LogP contribution in [0.15, 0.2) is 35.9 Å². The van der Waals surface area contributed by atoms with Gasteiger partial charge in [0.1, 0.15) is 0 Å². The van der Waals surface area contributed by atoms with E-state index in [4.69, 9.17) is 0 Å². The van der Waals surface area contributed by atoms with E-state index in [0.29, 0.717) is 11.1 Å². The Bertz CT molecular complexity index is 512. The minimum atomic E-state index is -0.300. The van der Waals surface area contributed by atoms with Crippen LogP contribution in [-0.2, 0) is 0 Å². The molecule has 1 heterocycles. The summed E-state index contributed by atoms with van der Waals surface area (Å²) >= 11 is 0. The van der Waals surface area contributed by atoms with E-state index in [0.717, 1.165) is 5.92 Å². The van der Waals surface area contributed by atoms with Gasteiger partial charge in [0.15, 0.2) is 0 Å². The number of benzene rings is 1. The minimum Gasteiger partial charge on any atom is -0.288 e. The Hall–Kier alpha value is -1.90. The van der Waals surface area contributed by atoms with Gasteiger partial charge in [-0.15, -0.1) is 0 Å². The molecule has 3 heteroatoms. The van der Waals surface area contributed by atoms with Gasteiger partial charge in [0.05, 0.1) is 11.1 Å². The van der Waals surface area contributed by atoms with Crippen molar-refractivity contribution < 1.29 is 9.59 Å². The molecule has 1 atom stereocenters. The molecule has 0 saturated heterocycles. The van der Waals surface area contributed by atoms with Crippen molar-refractivity contribution in [2.75, 3.05) is 0 Å². The Labute approximate surface area is 106 Å². The predicted octanol–water partition coefficient (Wildman–Crippen LogP) is 2.69. The second-order valence-corrected chi connectivity index (χ2v) is 5.04. The standard InChI is InChI=1S/C8H5NO2.C7H10/c10-7-5-3-1-2-4-6(5)8(11)9-7;1-2-7-4-3-6(1)5-7/h1-4H,(H,9,10,11);1,7H,2-5H2. The maximum Gasteiger partial charge on any atom is 0.258 e. The zero-order valence-electron chi connectivity index (χ0n) is 10.1. The molecule has 2 amide bonds. The van der Waals surface area contributed by atoms with Crippen LogP contribution in [0.2, 0.25) is 0 Å². The molecule has 1 aromatic carbocycles. The zero-order valence-corrected chi connectivity index (χ0v) is 10.1. The quantitative estimate of drug-likeness (QED) is 0.560. The maximum absolute atomic E-state index is 10.9. The largest absolute Gasteiger partial charge is 0.288 e. The molecule has 1 unspecified atom stereocenters. The first-order valence-corrected chi connectivity index (χ1v) is 6.36. The van der Waals surface area contributed by atoms with Gasteiger partial charge in [-0.1, -0.05) is 23.8 Å². The first kappa shape index (κ1) is 11.2. The minimum absolute atomic E-state index is 0.300. The Balaban J connectivity index is 0.000000122. The third-order valence-corrected chi connectivity index (χ3v) is 3.81. The number of amides is 2. The number of carbonyl (C=O) groups is 2. The van der Waals surface area contributed by atoms with Crippen molar-refractivity contribution in [2.45, 2.75) is 25.7 Å². The van der Waals surface area contributed by atoms with Crippen molar-refractivity contribution in [3.05, 3.63) is 47.0 Å². The van der Waals surface area contributed by atoms with Crippen LogP contribution in [0.4, 0.5) is 0 Å². The maximum atomic E-state index is 10.9. The first-order chi connectivity index (χ1) is 8.74. The van der Waals surface area contributed by atoms with Gasteiger partial charge in [0.2, 0.25) is 0 Å². The van der Waals surface area contributed by atoms with Crippen molar-refractivity contribution in [3.63, 3.8) is 0 Å². The monoisotopic (exact) mass is 241 g/mol. The molecule has 1 N–H and O–H groups in total. The zero-order chi connectivity index (χ0) is 12.5. The summed E-state index contributed by atoms with van der Waals surface area (Å²) in [4.78, 5) is 21.9. The predicted molar refractivity (Wildman–Crippen MR) is 68.3 cm³/mol. The fraction of sp³-hybridized carbons (Fsp3) is 0.333. The lowest BCUT2D eigenvalue weighted by molar-refractivity contribution is 0.0879. The van der Waals surface area contributed by atoms with Crippen LogP contribution in [0.1, 0.15) is 46.4 Å². The number of rotatable bonds is 0. The first-order valence-electron chi connectivity index (χ1n) is 6.36. The van der Waals surface area contributed by atoms with Gasteiger partial charge in [-0.05, 0) is 43.7 Å². The Morgan fingerprint density at radius 1 is 1.06 bits per heavy atom. The normalized spacial score (nSPS) is 23.1. The van der Waals surface area contributed by atoms with E-state index in [9.17, 15) is 9.59 Å². The van der Waals surface area contributed by atoms with Gasteiger partial charge in [0.25, 0.3) is 11.8 Å². The number of nitrogens with one attached hydrogen (secondary N) is 1. The summed E-state index contributed by atoms with van der Waals surface area (Å²) < 4.78 is 0. The summed E-state index contributed by atoms with van der Waals surface area (Å²) in [5.74, 6) is 0.478. The van der Waals surface area contributed by atoms with E-state index in [2.05, 4.69) is 11.4 Å². The van der Waals surface area contributed by atoms with Crippen molar-refractivity contribution in [1.29, 1.82) is 0 Å². The topological polar surface area (TPSA) is 46.2 Å². The molecule has 1 aromatic rings. The average molecular weight is 241 g/mol. The lowest BCUT2D eigenvalue weighted by Gasteiger charge is -1.98. The molecule has 3 aliphatic rings. The van der Waals surface area contributed by atoms with Crippen molar-refractivity contribution in [3.8, 4) is 0 Å². The fourth-order valence-electron chi connectivity index (χ4n) is 2.80. The van der Waals surface area contributed by atoms with E-state index in [1.54, 1.807) is 29.8 Å². The summed E-state index contributed by atoms with van der Waals surface area (Å²) in [6.45, 7) is 0. The van der Waals surface area contributed by atoms with Gasteiger partial charge in [-0.25, -0.2) is 0 Å². The number of fused-ring (bicyclic) bond motifs is 3. The highest BCUT2D eigenvalue weighted by Crippen LogP contribution is 2.38. The average Bonchev–Trinajstić information content (AvgIpc) is 3.09. The molecule has 2 aliphatic carbocycles. The highest BCUT2D eigenvalue weighted by molar-refractivity contribution is 6.21. The number of hydrogen-bond acceptors (Lipinski definition) is 2. The summed E-state index contributed by atoms with van der Waals surface area (Å²) in [7, 11) is 0. The van der Waals surface area contributed by atoms with Crippen LogP contribution >= 0.6 is 0 Å². The van der Waals surface area contributed by atoms with E-state index >= 15 is 0 Å². The molecule has 1 aliphatic heterocycles. The van der Waals surface area contributed by atoms with E-state index in [1.165, 1.54) is 25.7 Å². The Kier molecular flexibility index (Phi) is 2.74. The highest BCUT2D eigenvalue weighted by atomic mass is 16.2. The molecule has 4 rings (SSSR count). The summed E-state index contributed by atoms with van der Waals surface area (Å²) in [5.41, 5.74) is 2.68. The molecule has 1 saturated carbocycles. The SMILES string of the molecule is C1=C2CCC(C1)C2.O=C1NC(=O)c2ccccc21. The van der Waals surface area contributed by atoms with Crippen molar-refractivity contribution in [2.24, 2.45) is 5.92 Å². The van der Waals surface area contributed by atoms with Crippen molar-refractivity contribution >= 4 is 11.8 Å². The van der Waals surface area contributed by atoms with Crippen LogP contribution < -0.4 is 5.32 Å². The highest BCUT2D eigenvalue weighted by Gasteiger charge is 2.25. The number of imide groups is 1. The summed E-state index contributed by atoms with van der Waals surface area (Å²) in [5, 5.41) is 2.20. The Morgan fingerprint density at radius 3 is 2.06 bits per heavy atom. The molecule has 18 heavy (non-hydrogen) atoms. The lowest BCUT2D eigenvalue weighted by atomic mass is 10.1. The van der Waals surface area contributed by atoms with E-state index in [-0.39, 0.29) is 11.8 Å². The molecule has 0 spiro atoms. The van der Waals surface area contributed by atoms with Crippen LogP contribution in [0.5, 0.6) is 0 Å². The third kappa shape index (κ3) is 1.96. The molecule has 1 fully saturated rings. The van der Waals surface area contributed by atoms with Gasteiger partial charge in [0, 0.05) is 0 Å². The van der Waals surface area contributed by atoms with Crippen LogP contribution in [0.25, 0.3) is 0 Å². The second-order valence-electron chi connectivity index (χ2n) is 5.04. The number of allylic oxidation sites excluding steroid dienone is 2. The molecular weight excluding hydrogens is 226 g/mol. The third-order valence-electron chi connectivity index (χ3n) is 3.81. The fourth-order valence-corrected chi connectivity index (χ4v) is 2.80. The van der Waals surface area contributed by atoms with Gasteiger partial charge in [-0.2, -0.15) is 0 Å². The van der Waals surface area contributed by atoms with Crippen LogP contribution in [0, 0.1) is 5.92 Å². The van der Waals surface area contributed by atoms with Gasteiger partial charge in [-0.3, -0.25) is 14.9 Å².